The third-order valence-electron chi connectivity index (χ3n) is 6.21. The van der Waals surface area contributed by atoms with Gasteiger partial charge in [0.15, 0.2) is 17.2 Å². The van der Waals surface area contributed by atoms with Crippen LogP contribution in [0.25, 0.3) is 0 Å². The molecule has 0 saturated carbocycles. The SMILES string of the molecule is O=C1c2c(O)c(=O)ccn2N2CC1CC/C=C/COc1cc(F)ccc1[C@@H]2c1ccccc1. The van der Waals surface area contributed by atoms with Crippen LogP contribution in [0.2, 0.25) is 0 Å². The number of allylic oxidation sites excluding steroid dienone is 1. The summed E-state index contributed by atoms with van der Waals surface area (Å²) in [5, 5.41) is 12.5. The van der Waals surface area contributed by atoms with Crippen LogP contribution in [0.3, 0.4) is 0 Å². The predicted octanol–water partition coefficient (Wildman–Crippen LogP) is 3.96. The number of rotatable bonds is 1. The molecule has 1 aromatic heterocycles. The van der Waals surface area contributed by atoms with Crippen molar-refractivity contribution < 1.29 is 19.0 Å². The van der Waals surface area contributed by atoms with E-state index in [0.29, 0.717) is 30.7 Å². The highest BCUT2D eigenvalue weighted by molar-refractivity contribution is 6.00. The smallest absolute Gasteiger partial charge is 0.224 e. The van der Waals surface area contributed by atoms with Crippen molar-refractivity contribution in [1.82, 2.24) is 4.68 Å². The molecule has 2 aliphatic heterocycles. The highest BCUT2D eigenvalue weighted by Gasteiger charge is 2.38. The summed E-state index contributed by atoms with van der Waals surface area (Å²) in [6.07, 6.45) is 6.50. The number of fused-ring (bicyclic) bond motifs is 5. The quantitative estimate of drug-likeness (QED) is 0.573. The van der Waals surface area contributed by atoms with E-state index in [4.69, 9.17) is 4.74 Å². The maximum absolute atomic E-state index is 14.2. The Balaban J connectivity index is 1.79. The van der Waals surface area contributed by atoms with Gasteiger partial charge in [-0.1, -0.05) is 42.5 Å². The zero-order chi connectivity index (χ0) is 22.9. The number of benzene rings is 2. The number of nitrogens with zero attached hydrogens (tertiary/aromatic N) is 2. The van der Waals surface area contributed by atoms with Crippen molar-refractivity contribution in [2.75, 3.05) is 18.2 Å². The summed E-state index contributed by atoms with van der Waals surface area (Å²) in [7, 11) is 0. The standard InChI is InChI=1S/C26H23FN2O4/c27-19-10-11-20-22(15-19)33-14-6-2-5-9-18-16-29(23(20)17-7-3-1-4-8-17)28-13-12-21(30)26(32)24(28)25(18)31/h1-4,6-8,10-13,15,18,23,32H,5,9,14,16H2/b6-2+/t18?,23-/m0/s1. The van der Waals surface area contributed by atoms with Gasteiger partial charge in [0.05, 0.1) is 6.04 Å². The molecule has 0 saturated heterocycles. The van der Waals surface area contributed by atoms with Crippen molar-refractivity contribution in [3.8, 4) is 11.5 Å². The fraction of sp³-hybridized carbons (Fsp3) is 0.231. The minimum Gasteiger partial charge on any atom is -0.503 e. The molecule has 3 heterocycles. The summed E-state index contributed by atoms with van der Waals surface area (Å²) >= 11 is 0. The first-order valence-electron chi connectivity index (χ1n) is 10.9. The van der Waals surface area contributed by atoms with Gasteiger partial charge in [-0.15, -0.1) is 0 Å². The van der Waals surface area contributed by atoms with E-state index in [1.807, 2.05) is 47.5 Å². The second-order valence-corrected chi connectivity index (χ2v) is 8.26. The topological polar surface area (TPSA) is 71.8 Å². The molecule has 2 bridgehead atoms. The third-order valence-corrected chi connectivity index (χ3v) is 6.21. The molecule has 2 atom stereocenters. The lowest BCUT2D eigenvalue weighted by atomic mass is 9.90. The molecule has 33 heavy (non-hydrogen) atoms. The normalized spacial score (nSPS) is 21.1. The molecule has 2 aliphatic rings. The van der Waals surface area contributed by atoms with Gasteiger partial charge in [0, 0.05) is 36.4 Å². The van der Waals surface area contributed by atoms with Crippen LogP contribution in [0.4, 0.5) is 4.39 Å². The molecule has 168 valence electrons. The fourth-order valence-corrected chi connectivity index (χ4v) is 4.63. The Kier molecular flexibility index (Phi) is 5.46. The van der Waals surface area contributed by atoms with E-state index in [1.54, 1.807) is 10.7 Å². The molecule has 0 fully saturated rings. The number of halogens is 1. The van der Waals surface area contributed by atoms with E-state index < -0.39 is 29.0 Å². The Hall–Kier alpha value is -3.87. The highest BCUT2D eigenvalue weighted by atomic mass is 19.1. The van der Waals surface area contributed by atoms with E-state index in [-0.39, 0.29) is 18.1 Å². The molecule has 0 aliphatic carbocycles. The first kappa shape index (κ1) is 21.0. The van der Waals surface area contributed by atoms with Crippen LogP contribution >= 0.6 is 0 Å². The summed E-state index contributed by atoms with van der Waals surface area (Å²) in [4.78, 5) is 25.5. The predicted molar refractivity (Wildman–Crippen MR) is 122 cm³/mol. The average Bonchev–Trinajstić information content (AvgIpc) is 2.81. The van der Waals surface area contributed by atoms with Gasteiger partial charge in [-0.05, 0) is 30.5 Å². The number of ketones is 1. The van der Waals surface area contributed by atoms with Crippen molar-refractivity contribution in [3.63, 3.8) is 0 Å². The molecule has 6 nitrogen and oxygen atoms in total. The third kappa shape index (κ3) is 3.80. The maximum atomic E-state index is 14.2. The number of hydrogen-bond donors (Lipinski definition) is 1. The van der Waals surface area contributed by atoms with Gasteiger partial charge in [0.2, 0.25) is 5.43 Å². The summed E-state index contributed by atoms with van der Waals surface area (Å²) in [6.45, 7) is 0.638. The molecular formula is C26H23FN2O4. The minimum atomic E-state index is -0.599. The summed E-state index contributed by atoms with van der Waals surface area (Å²) in [6, 6.07) is 14.9. The maximum Gasteiger partial charge on any atom is 0.224 e. The summed E-state index contributed by atoms with van der Waals surface area (Å²) in [5.41, 5.74) is 0.996. The Labute approximate surface area is 190 Å². The van der Waals surface area contributed by atoms with Gasteiger partial charge in [-0.2, -0.15) is 0 Å². The van der Waals surface area contributed by atoms with E-state index >= 15 is 0 Å². The number of hydrogen-bond acceptors (Lipinski definition) is 5. The van der Waals surface area contributed by atoms with Gasteiger partial charge in [-0.3, -0.25) is 19.3 Å². The zero-order valence-electron chi connectivity index (χ0n) is 17.9. The fourth-order valence-electron chi connectivity index (χ4n) is 4.63. The van der Waals surface area contributed by atoms with Crippen molar-refractivity contribution in [2.45, 2.75) is 18.9 Å². The molecule has 2 aromatic carbocycles. The molecule has 5 rings (SSSR count). The van der Waals surface area contributed by atoms with E-state index in [2.05, 4.69) is 0 Å². The number of carbonyl (C=O) groups excluding carboxylic acids is 1. The van der Waals surface area contributed by atoms with Crippen molar-refractivity contribution >= 4 is 5.78 Å². The Bertz CT molecular complexity index is 1290. The number of aromatic nitrogens is 1. The molecule has 7 heteroatoms. The van der Waals surface area contributed by atoms with Crippen molar-refractivity contribution in [3.05, 3.63) is 106 Å². The number of Topliss-reactive ketones (excluding diaryl/α,β-unsaturated/α-hetero) is 1. The lowest BCUT2D eigenvalue weighted by molar-refractivity contribution is 0.0872. The van der Waals surface area contributed by atoms with Crippen LogP contribution in [0.1, 0.15) is 40.5 Å². The Morgan fingerprint density at radius 1 is 1.03 bits per heavy atom. The molecule has 0 amide bonds. The molecule has 1 unspecified atom stereocenters. The van der Waals surface area contributed by atoms with Crippen LogP contribution in [0.5, 0.6) is 11.5 Å². The molecule has 3 aromatic rings. The van der Waals surface area contributed by atoms with E-state index in [9.17, 15) is 19.1 Å². The Morgan fingerprint density at radius 3 is 2.67 bits per heavy atom. The molecular weight excluding hydrogens is 423 g/mol. The number of pyridine rings is 1. The van der Waals surface area contributed by atoms with Gasteiger partial charge < -0.3 is 9.84 Å². The van der Waals surface area contributed by atoms with Gasteiger partial charge >= 0.3 is 0 Å². The first-order valence-corrected chi connectivity index (χ1v) is 10.9. The highest BCUT2D eigenvalue weighted by Crippen LogP contribution is 2.38. The monoisotopic (exact) mass is 446 g/mol. The number of ether oxygens (including phenoxy) is 1. The van der Waals surface area contributed by atoms with Crippen molar-refractivity contribution in [2.24, 2.45) is 5.92 Å². The first-order chi connectivity index (χ1) is 16.0. The summed E-state index contributed by atoms with van der Waals surface area (Å²) < 4.78 is 21.7. The van der Waals surface area contributed by atoms with E-state index in [0.717, 1.165) is 5.56 Å². The lowest BCUT2D eigenvalue weighted by Gasteiger charge is -2.42. The van der Waals surface area contributed by atoms with Gasteiger partial charge in [0.1, 0.15) is 18.2 Å². The van der Waals surface area contributed by atoms with Gasteiger partial charge in [-0.25, -0.2) is 4.39 Å². The minimum absolute atomic E-state index is 0.0229. The zero-order valence-corrected chi connectivity index (χ0v) is 17.9. The van der Waals surface area contributed by atoms with E-state index in [1.165, 1.54) is 24.4 Å². The number of aromatic hydroxyl groups is 1. The second-order valence-electron chi connectivity index (χ2n) is 8.26. The van der Waals surface area contributed by atoms with Crippen LogP contribution in [0, 0.1) is 11.7 Å². The summed E-state index contributed by atoms with van der Waals surface area (Å²) in [5.74, 6) is -1.24. The molecule has 1 N–H and O–H groups in total. The van der Waals surface area contributed by atoms with Crippen LogP contribution in [-0.4, -0.2) is 28.7 Å². The van der Waals surface area contributed by atoms with Crippen LogP contribution in [0.15, 0.2) is 77.7 Å². The molecule has 0 spiro atoms. The largest absolute Gasteiger partial charge is 0.503 e. The van der Waals surface area contributed by atoms with Crippen LogP contribution < -0.4 is 15.2 Å². The number of carbonyl (C=O) groups is 1. The Morgan fingerprint density at radius 2 is 1.85 bits per heavy atom. The van der Waals surface area contributed by atoms with Crippen molar-refractivity contribution in [1.29, 1.82) is 0 Å². The average molecular weight is 446 g/mol. The van der Waals surface area contributed by atoms with Crippen LogP contribution in [-0.2, 0) is 0 Å². The second kappa shape index (κ2) is 8.58. The molecule has 0 radical (unpaired) electrons. The van der Waals surface area contributed by atoms with Gasteiger partial charge in [0.25, 0.3) is 0 Å². The lowest BCUT2D eigenvalue weighted by Crippen LogP contribution is -2.50.